The summed E-state index contributed by atoms with van der Waals surface area (Å²) < 4.78 is 0. The van der Waals surface area contributed by atoms with E-state index in [2.05, 4.69) is 25.6 Å². The zero-order valence-electron chi connectivity index (χ0n) is 14.5. The number of nitrogens with one attached hydrogen (secondary N) is 2. The first-order valence-electron chi connectivity index (χ1n) is 8.35. The number of hydrogen-bond acceptors (Lipinski definition) is 5. The number of benzene rings is 2. The lowest BCUT2D eigenvalue weighted by atomic mass is 9.71. The zero-order chi connectivity index (χ0) is 18.9. The second-order valence-electron chi connectivity index (χ2n) is 7.17. The number of halogens is 1. The number of phenolic OH excluding ortho intramolecular Hbond substituents is 1. The fourth-order valence-corrected chi connectivity index (χ4v) is 4.06. The molecule has 1 aliphatic rings. The molecule has 1 aliphatic carbocycles. The third kappa shape index (κ3) is 2.09. The smallest absolute Gasteiger partial charge is 0.208 e. The van der Waals surface area contributed by atoms with Gasteiger partial charge in [0.15, 0.2) is 5.78 Å². The van der Waals surface area contributed by atoms with Gasteiger partial charge in [-0.15, -0.1) is 10.2 Å². The molecule has 0 aliphatic heterocycles. The number of tetrazole rings is 1. The van der Waals surface area contributed by atoms with Crippen LogP contribution in [0.5, 0.6) is 5.75 Å². The highest BCUT2D eigenvalue weighted by Gasteiger charge is 2.40. The van der Waals surface area contributed by atoms with E-state index in [1.165, 1.54) is 0 Å². The predicted molar refractivity (Wildman–Crippen MR) is 100 cm³/mol. The normalized spacial score (nSPS) is 15.0. The van der Waals surface area contributed by atoms with Crippen molar-refractivity contribution in [2.24, 2.45) is 0 Å². The van der Waals surface area contributed by atoms with Crippen LogP contribution in [0.2, 0.25) is 5.02 Å². The van der Waals surface area contributed by atoms with Crippen LogP contribution < -0.4 is 0 Å². The lowest BCUT2D eigenvalue weighted by Crippen LogP contribution is -2.30. The van der Waals surface area contributed by atoms with Crippen molar-refractivity contribution in [1.29, 1.82) is 0 Å². The van der Waals surface area contributed by atoms with E-state index in [0.29, 0.717) is 21.7 Å². The number of carbonyl (C=O) groups excluding carboxylic acids is 1. The van der Waals surface area contributed by atoms with Gasteiger partial charge in [0.25, 0.3) is 0 Å². The summed E-state index contributed by atoms with van der Waals surface area (Å²) in [4.78, 5) is 16.7. The van der Waals surface area contributed by atoms with Gasteiger partial charge in [-0.1, -0.05) is 31.5 Å². The summed E-state index contributed by atoms with van der Waals surface area (Å²) in [5.41, 5.74) is 3.34. The van der Waals surface area contributed by atoms with E-state index < -0.39 is 5.41 Å². The van der Waals surface area contributed by atoms with Gasteiger partial charge in [0.1, 0.15) is 5.75 Å². The highest BCUT2D eigenvalue weighted by molar-refractivity contribution is 6.31. The lowest BCUT2D eigenvalue weighted by molar-refractivity contribution is 0.103. The number of rotatable bonds is 1. The molecule has 0 saturated carbocycles. The minimum atomic E-state index is -0.517. The fourth-order valence-electron chi connectivity index (χ4n) is 3.89. The van der Waals surface area contributed by atoms with Gasteiger partial charge in [0, 0.05) is 32.6 Å². The van der Waals surface area contributed by atoms with Crippen molar-refractivity contribution >= 4 is 28.3 Å². The molecule has 2 aromatic carbocycles. The Balaban J connectivity index is 1.82. The summed E-state index contributed by atoms with van der Waals surface area (Å²) >= 11 is 6.12. The molecule has 0 spiro atoms. The van der Waals surface area contributed by atoms with Crippen LogP contribution in [-0.2, 0) is 5.41 Å². The molecule has 0 bridgehead atoms. The Labute approximate surface area is 158 Å². The molecule has 0 fully saturated rings. The number of aromatic nitrogens is 5. The standard InChI is InChI=1S/C19H14ClN5O2/c1-19(2)12-7-14(26)11(18-22-24-25-23-18)6-10(12)16(27)15-9-4-3-8(20)5-13(9)21-17(15)19/h3-7,21,26H,1-2H3,(H,22,23,24,25). The number of phenols is 1. The molecule has 0 radical (unpaired) electrons. The molecular weight excluding hydrogens is 366 g/mol. The predicted octanol–water partition coefficient (Wildman–Crippen LogP) is 3.58. The Morgan fingerprint density at radius 1 is 1.15 bits per heavy atom. The van der Waals surface area contributed by atoms with Crippen molar-refractivity contribution < 1.29 is 9.90 Å². The fraction of sp³-hybridized carbons (Fsp3) is 0.158. The summed E-state index contributed by atoms with van der Waals surface area (Å²) in [7, 11) is 0. The second-order valence-corrected chi connectivity index (χ2v) is 7.61. The maximum absolute atomic E-state index is 13.4. The van der Waals surface area contributed by atoms with Gasteiger partial charge in [0.2, 0.25) is 5.82 Å². The molecular formula is C19H14ClN5O2. The van der Waals surface area contributed by atoms with Crippen LogP contribution in [0.3, 0.4) is 0 Å². The lowest BCUT2D eigenvalue weighted by Gasteiger charge is -2.32. The maximum atomic E-state index is 13.4. The number of aromatic amines is 2. The quantitative estimate of drug-likeness (QED) is 0.468. The summed E-state index contributed by atoms with van der Waals surface area (Å²) in [5, 5.41) is 25.7. The average Bonchev–Trinajstić information content (AvgIpc) is 3.27. The van der Waals surface area contributed by atoms with E-state index in [4.69, 9.17) is 11.6 Å². The van der Waals surface area contributed by atoms with Gasteiger partial charge in [-0.25, -0.2) is 0 Å². The molecule has 5 rings (SSSR count). The molecule has 3 N–H and O–H groups in total. The van der Waals surface area contributed by atoms with Gasteiger partial charge in [-0.2, -0.15) is 5.21 Å². The molecule has 0 amide bonds. The first-order valence-corrected chi connectivity index (χ1v) is 8.73. The minimum Gasteiger partial charge on any atom is -0.507 e. The molecule has 0 atom stereocenters. The van der Waals surface area contributed by atoms with Gasteiger partial charge < -0.3 is 10.1 Å². The van der Waals surface area contributed by atoms with Crippen LogP contribution in [0, 0.1) is 0 Å². The van der Waals surface area contributed by atoms with Crippen molar-refractivity contribution in [2.45, 2.75) is 19.3 Å². The first kappa shape index (κ1) is 16.0. The molecule has 27 heavy (non-hydrogen) atoms. The van der Waals surface area contributed by atoms with E-state index in [0.717, 1.165) is 22.2 Å². The van der Waals surface area contributed by atoms with Crippen LogP contribution in [0.25, 0.3) is 22.3 Å². The zero-order valence-corrected chi connectivity index (χ0v) is 15.2. The van der Waals surface area contributed by atoms with Gasteiger partial charge in [-0.05, 0) is 35.0 Å². The number of H-pyrrole nitrogens is 2. The monoisotopic (exact) mass is 379 g/mol. The Morgan fingerprint density at radius 3 is 2.70 bits per heavy atom. The number of fused-ring (bicyclic) bond motifs is 4. The molecule has 0 unspecified atom stereocenters. The summed E-state index contributed by atoms with van der Waals surface area (Å²) in [5.74, 6) is 0.119. The minimum absolute atomic E-state index is 0.00127. The van der Waals surface area contributed by atoms with Crippen LogP contribution >= 0.6 is 11.6 Å². The third-order valence-corrected chi connectivity index (χ3v) is 5.49. The van der Waals surface area contributed by atoms with Crippen LogP contribution in [0.15, 0.2) is 30.3 Å². The molecule has 0 saturated heterocycles. The van der Waals surface area contributed by atoms with E-state index in [9.17, 15) is 9.90 Å². The Morgan fingerprint density at radius 2 is 1.96 bits per heavy atom. The van der Waals surface area contributed by atoms with Crippen molar-refractivity contribution in [3.8, 4) is 17.1 Å². The van der Waals surface area contributed by atoms with Crippen molar-refractivity contribution in [3.05, 3.63) is 57.7 Å². The van der Waals surface area contributed by atoms with Crippen molar-refractivity contribution in [1.82, 2.24) is 25.6 Å². The number of aromatic hydroxyl groups is 1. The number of ketones is 1. The highest BCUT2D eigenvalue weighted by Crippen LogP contribution is 2.46. The van der Waals surface area contributed by atoms with E-state index in [1.54, 1.807) is 18.2 Å². The number of nitrogens with zero attached hydrogens (tertiary/aromatic N) is 3. The maximum Gasteiger partial charge on any atom is 0.208 e. The number of hydrogen-bond donors (Lipinski definition) is 3. The number of carbonyl (C=O) groups is 1. The summed E-state index contributed by atoms with van der Waals surface area (Å²) in [6, 6.07) is 8.69. The average molecular weight is 380 g/mol. The Kier molecular flexibility index (Phi) is 3.07. The van der Waals surface area contributed by atoms with E-state index in [-0.39, 0.29) is 17.4 Å². The van der Waals surface area contributed by atoms with Crippen LogP contribution in [0.1, 0.15) is 41.0 Å². The van der Waals surface area contributed by atoms with E-state index >= 15 is 0 Å². The van der Waals surface area contributed by atoms with Crippen molar-refractivity contribution in [2.75, 3.05) is 0 Å². The summed E-state index contributed by atoms with van der Waals surface area (Å²) in [6.45, 7) is 4.03. The second kappa shape index (κ2) is 5.17. The molecule has 4 aromatic rings. The Hall–Kier alpha value is -3.19. The molecule has 2 aromatic heterocycles. The molecule has 2 heterocycles. The Bertz CT molecular complexity index is 1240. The largest absolute Gasteiger partial charge is 0.507 e. The van der Waals surface area contributed by atoms with Gasteiger partial charge in [-0.3, -0.25) is 4.79 Å². The van der Waals surface area contributed by atoms with E-state index in [1.807, 2.05) is 26.0 Å². The highest BCUT2D eigenvalue weighted by atomic mass is 35.5. The summed E-state index contributed by atoms with van der Waals surface area (Å²) in [6.07, 6.45) is 0. The molecule has 134 valence electrons. The van der Waals surface area contributed by atoms with Crippen molar-refractivity contribution in [3.63, 3.8) is 0 Å². The molecule has 8 heteroatoms. The first-order chi connectivity index (χ1) is 12.9. The van der Waals surface area contributed by atoms with Crippen LogP contribution in [0.4, 0.5) is 0 Å². The van der Waals surface area contributed by atoms with Crippen LogP contribution in [-0.4, -0.2) is 36.5 Å². The SMILES string of the molecule is CC1(C)c2cc(O)c(-c3nn[nH]n3)cc2C(=O)c2c1[nH]c1cc(Cl)ccc21. The molecule has 7 nitrogen and oxygen atoms in total. The topological polar surface area (TPSA) is 108 Å². The third-order valence-electron chi connectivity index (χ3n) is 5.25. The van der Waals surface area contributed by atoms with Gasteiger partial charge >= 0.3 is 0 Å². The van der Waals surface area contributed by atoms with Gasteiger partial charge in [0.05, 0.1) is 11.1 Å².